The van der Waals surface area contributed by atoms with Crippen LogP contribution in [0, 0.1) is 0 Å². The molecule has 1 fully saturated rings. The smallest absolute Gasteiger partial charge is 0.274 e. The largest absolute Gasteiger partial charge is 0.497 e. The molecule has 0 saturated carbocycles. The Morgan fingerprint density at radius 2 is 1.75 bits per heavy atom. The average molecular weight is 327 g/mol. The Hall–Kier alpha value is -2.76. The van der Waals surface area contributed by atoms with Crippen LogP contribution in [0.4, 0.5) is 11.4 Å². The first-order valence-corrected chi connectivity index (χ1v) is 7.95. The zero-order valence-electron chi connectivity index (χ0n) is 13.9. The summed E-state index contributed by atoms with van der Waals surface area (Å²) in [6.07, 6.45) is 4.05. The lowest BCUT2D eigenvalue weighted by atomic mass is 10.2. The number of ether oxygens (including phenoxy) is 2. The quantitative estimate of drug-likeness (QED) is 0.915. The lowest BCUT2D eigenvalue weighted by molar-refractivity contribution is 0.102. The molecule has 2 heterocycles. The molecule has 1 N–H and O–H groups in total. The second-order valence-electron chi connectivity index (χ2n) is 5.65. The summed E-state index contributed by atoms with van der Waals surface area (Å²) in [5.41, 5.74) is 2.03. The summed E-state index contributed by atoms with van der Waals surface area (Å²) >= 11 is 0. The maximum Gasteiger partial charge on any atom is 0.274 e. The molecule has 2 aromatic rings. The number of aromatic nitrogens is 1. The van der Waals surface area contributed by atoms with Crippen LogP contribution in [0.15, 0.2) is 36.5 Å². The third-order valence-corrected chi connectivity index (χ3v) is 4.06. The summed E-state index contributed by atoms with van der Waals surface area (Å²) in [7, 11) is 3.14. The normalized spacial score (nSPS) is 13.7. The number of benzene rings is 1. The molecule has 1 amide bonds. The second-order valence-corrected chi connectivity index (χ2v) is 5.65. The Kier molecular flexibility index (Phi) is 4.84. The number of hydrogen-bond donors (Lipinski definition) is 1. The van der Waals surface area contributed by atoms with Crippen molar-refractivity contribution in [1.29, 1.82) is 0 Å². The van der Waals surface area contributed by atoms with Gasteiger partial charge in [0.05, 0.1) is 14.2 Å². The molecule has 1 aliphatic rings. The Bertz CT molecular complexity index is 705. The van der Waals surface area contributed by atoms with Gasteiger partial charge in [-0.15, -0.1) is 0 Å². The Morgan fingerprint density at radius 3 is 2.38 bits per heavy atom. The predicted molar refractivity (Wildman–Crippen MR) is 93.2 cm³/mol. The fraction of sp³-hybridized carbons (Fsp3) is 0.333. The SMILES string of the molecule is COc1cc(NC(=O)c2cc(N3CCCC3)ccn2)cc(OC)c1. The van der Waals surface area contributed by atoms with Gasteiger partial charge in [-0.05, 0) is 25.0 Å². The Labute approximate surface area is 141 Å². The third kappa shape index (κ3) is 3.59. The van der Waals surface area contributed by atoms with Crippen LogP contribution < -0.4 is 19.7 Å². The van der Waals surface area contributed by atoms with Gasteiger partial charge in [0, 0.05) is 48.9 Å². The number of hydrogen-bond acceptors (Lipinski definition) is 5. The van der Waals surface area contributed by atoms with E-state index in [-0.39, 0.29) is 5.91 Å². The summed E-state index contributed by atoms with van der Waals surface area (Å²) in [5.74, 6) is 0.971. The zero-order valence-corrected chi connectivity index (χ0v) is 13.9. The van der Waals surface area contributed by atoms with Gasteiger partial charge in [-0.1, -0.05) is 0 Å². The first kappa shape index (κ1) is 16.1. The summed E-state index contributed by atoms with van der Waals surface area (Å²) in [6, 6.07) is 9.01. The monoisotopic (exact) mass is 327 g/mol. The Balaban J connectivity index is 1.78. The van der Waals surface area contributed by atoms with E-state index < -0.39 is 0 Å². The van der Waals surface area contributed by atoms with Crippen LogP contribution in [0.5, 0.6) is 11.5 Å². The number of amides is 1. The molecule has 6 heteroatoms. The molecule has 0 bridgehead atoms. The van der Waals surface area contributed by atoms with Gasteiger partial charge < -0.3 is 19.7 Å². The third-order valence-electron chi connectivity index (χ3n) is 4.06. The number of pyridine rings is 1. The number of nitrogens with zero attached hydrogens (tertiary/aromatic N) is 2. The van der Waals surface area contributed by atoms with Crippen molar-refractivity contribution in [3.05, 3.63) is 42.2 Å². The van der Waals surface area contributed by atoms with Gasteiger partial charge >= 0.3 is 0 Å². The van der Waals surface area contributed by atoms with E-state index in [1.165, 1.54) is 12.8 Å². The van der Waals surface area contributed by atoms with E-state index in [1.807, 2.05) is 12.1 Å². The van der Waals surface area contributed by atoms with Crippen LogP contribution in [0.3, 0.4) is 0 Å². The number of anilines is 2. The molecule has 3 rings (SSSR count). The summed E-state index contributed by atoms with van der Waals surface area (Å²) in [6.45, 7) is 2.05. The van der Waals surface area contributed by atoms with Crippen LogP contribution in [-0.2, 0) is 0 Å². The van der Waals surface area contributed by atoms with E-state index >= 15 is 0 Å². The average Bonchev–Trinajstić information content (AvgIpc) is 3.16. The summed E-state index contributed by atoms with van der Waals surface area (Å²) in [5, 5.41) is 2.85. The number of nitrogens with one attached hydrogen (secondary N) is 1. The number of carbonyl (C=O) groups excluding carboxylic acids is 1. The highest BCUT2D eigenvalue weighted by molar-refractivity contribution is 6.03. The van der Waals surface area contributed by atoms with Crippen LogP contribution in [0.25, 0.3) is 0 Å². The molecule has 0 aliphatic carbocycles. The van der Waals surface area contributed by atoms with E-state index in [0.29, 0.717) is 22.9 Å². The lowest BCUT2D eigenvalue weighted by Crippen LogP contribution is -2.19. The molecule has 1 aliphatic heterocycles. The number of rotatable bonds is 5. The van der Waals surface area contributed by atoms with Gasteiger partial charge in [0.25, 0.3) is 5.91 Å². The van der Waals surface area contributed by atoms with Crippen molar-refractivity contribution in [1.82, 2.24) is 4.98 Å². The molecule has 1 saturated heterocycles. The fourth-order valence-electron chi connectivity index (χ4n) is 2.79. The van der Waals surface area contributed by atoms with E-state index in [2.05, 4.69) is 15.2 Å². The van der Waals surface area contributed by atoms with E-state index in [4.69, 9.17) is 9.47 Å². The summed E-state index contributed by atoms with van der Waals surface area (Å²) in [4.78, 5) is 19.0. The van der Waals surface area contributed by atoms with E-state index in [1.54, 1.807) is 38.6 Å². The van der Waals surface area contributed by atoms with Gasteiger partial charge in [-0.2, -0.15) is 0 Å². The molecule has 0 radical (unpaired) electrons. The molecule has 0 atom stereocenters. The van der Waals surface area contributed by atoms with Gasteiger partial charge in [0.2, 0.25) is 0 Å². The van der Waals surface area contributed by atoms with Crippen molar-refractivity contribution in [2.45, 2.75) is 12.8 Å². The standard InChI is InChI=1S/C18H21N3O3/c1-23-15-9-13(10-16(12-15)24-2)20-18(22)17-11-14(5-6-19-17)21-7-3-4-8-21/h5-6,9-12H,3-4,7-8H2,1-2H3,(H,20,22). The van der Waals surface area contributed by atoms with Gasteiger partial charge in [0.15, 0.2) is 0 Å². The van der Waals surface area contributed by atoms with E-state index in [0.717, 1.165) is 18.8 Å². The molecule has 0 unspecified atom stereocenters. The lowest BCUT2D eigenvalue weighted by Gasteiger charge is -2.17. The second kappa shape index (κ2) is 7.21. The molecular weight excluding hydrogens is 306 g/mol. The maximum atomic E-state index is 12.5. The van der Waals surface area contributed by atoms with Gasteiger partial charge in [0.1, 0.15) is 17.2 Å². The van der Waals surface area contributed by atoms with Crippen molar-refractivity contribution < 1.29 is 14.3 Å². The predicted octanol–water partition coefficient (Wildman–Crippen LogP) is 2.95. The van der Waals surface area contributed by atoms with Crippen molar-refractivity contribution in [2.75, 3.05) is 37.5 Å². The molecule has 6 nitrogen and oxygen atoms in total. The van der Waals surface area contributed by atoms with Crippen LogP contribution in [0.2, 0.25) is 0 Å². The van der Waals surface area contributed by atoms with Gasteiger partial charge in [-0.25, -0.2) is 0 Å². The first-order valence-electron chi connectivity index (χ1n) is 7.95. The van der Waals surface area contributed by atoms with Crippen LogP contribution in [0.1, 0.15) is 23.3 Å². The molecule has 126 valence electrons. The minimum atomic E-state index is -0.258. The maximum absolute atomic E-state index is 12.5. The van der Waals surface area contributed by atoms with Gasteiger partial charge in [-0.3, -0.25) is 9.78 Å². The minimum absolute atomic E-state index is 0.258. The highest BCUT2D eigenvalue weighted by Crippen LogP contribution is 2.26. The molecule has 24 heavy (non-hydrogen) atoms. The number of carbonyl (C=O) groups is 1. The zero-order chi connectivity index (χ0) is 16.9. The highest BCUT2D eigenvalue weighted by Gasteiger charge is 2.15. The van der Waals surface area contributed by atoms with Crippen molar-refractivity contribution in [3.63, 3.8) is 0 Å². The highest BCUT2D eigenvalue weighted by atomic mass is 16.5. The minimum Gasteiger partial charge on any atom is -0.497 e. The van der Waals surface area contributed by atoms with Crippen molar-refractivity contribution >= 4 is 17.3 Å². The molecule has 1 aromatic heterocycles. The number of methoxy groups -OCH3 is 2. The molecule has 1 aromatic carbocycles. The Morgan fingerprint density at radius 1 is 1.08 bits per heavy atom. The molecule has 0 spiro atoms. The molecular formula is C18H21N3O3. The van der Waals surface area contributed by atoms with Crippen LogP contribution >= 0.6 is 0 Å². The first-order chi connectivity index (χ1) is 11.7. The van der Waals surface area contributed by atoms with E-state index in [9.17, 15) is 4.79 Å². The van der Waals surface area contributed by atoms with Crippen LogP contribution in [-0.4, -0.2) is 38.2 Å². The summed E-state index contributed by atoms with van der Waals surface area (Å²) < 4.78 is 10.4. The van der Waals surface area contributed by atoms with Crippen molar-refractivity contribution in [3.8, 4) is 11.5 Å². The fourth-order valence-corrected chi connectivity index (χ4v) is 2.79. The van der Waals surface area contributed by atoms with Crippen molar-refractivity contribution in [2.24, 2.45) is 0 Å². The topological polar surface area (TPSA) is 63.7 Å².